The van der Waals surface area contributed by atoms with Crippen molar-refractivity contribution in [2.75, 3.05) is 26.2 Å². The highest BCUT2D eigenvalue weighted by molar-refractivity contribution is 8.00. The van der Waals surface area contributed by atoms with Crippen molar-refractivity contribution in [3.8, 4) is 0 Å². The van der Waals surface area contributed by atoms with Gasteiger partial charge in [0, 0.05) is 36.3 Å². The van der Waals surface area contributed by atoms with Gasteiger partial charge in [-0.25, -0.2) is 0 Å². The molecule has 1 saturated heterocycles. The lowest BCUT2D eigenvalue weighted by molar-refractivity contribution is 0.0917. The van der Waals surface area contributed by atoms with Crippen molar-refractivity contribution in [1.82, 2.24) is 10.2 Å². The van der Waals surface area contributed by atoms with E-state index in [2.05, 4.69) is 34.7 Å². The first kappa shape index (κ1) is 19.6. The number of furan rings is 1. The largest absolute Gasteiger partial charge is 0.451 e. The van der Waals surface area contributed by atoms with Gasteiger partial charge in [-0.3, -0.25) is 4.79 Å². The molecule has 0 bridgehead atoms. The van der Waals surface area contributed by atoms with E-state index in [9.17, 15) is 4.79 Å². The molecule has 1 atom stereocenters. The van der Waals surface area contributed by atoms with Crippen LogP contribution in [0.2, 0.25) is 0 Å². The molecule has 2 aromatic heterocycles. The molecule has 1 unspecified atom stereocenters. The van der Waals surface area contributed by atoms with Crippen molar-refractivity contribution in [2.45, 2.75) is 29.7 Å². The Kier molecular flexibility index (Phi) is 6.40. The molecule has 3 aromatic rings. The van der Waals surface area contributed by atoms with Gasteiger partial charge >= 0.3 is 0 Å². The molecule has 1 N–H and O–H groups in total. The Hall–Kier alpha value is -1.76. The minimum absolute atomic E-state index is 0.108. The molecule has 0 aliphatic carbocycles. The third-order valence-corrected chi connectivity index (χ3v) is 7.37. The van der Waals surface area contributed by atoms with Crippen LogP contribution in [0.5, 0.6) is 0 Å². The van der Waals surface area contributed by atoms with Crippen molar-refractivity contribution in [1.29, 1.82) is 0 Å². The molecule has 1 amide bonds. The topological polar surface area (TPSA) is 45.5 Å². The van der Waals surface area contributed by atoms with Crippen molar-refractivity contribution in [3.05, 3.63) is 53.1 Å². The number of hydrogen-bond donors (Lipinski definition) is 1. The first-order chi connectivity index (χ1) is 13.7. The molecular weight excluding hydrogens is 388 g/mol. The van der Waals surface area contributed by atoms with Crippen LogP contribution in [0.15, 0.2) is 50.4 Å². The van der Waals surface area contributed by atoms with Gasteiger partial charge in [-0.05, 0) is 42.8 Å². The van der Waals surface area contributed by atoms with E-state index in [1.54, 1.807) is 23.1 Å². The second-order valence-corrected chi connectivity index (χ2v) is 9.65. The third kappa shape index (κ3) is 4.62. The smallest absolute Gasteiger partial charge is 0.287 e. The van der Waals surface area contributed by atoms with E-state index in [0.717, 1.165) is 47.8 Å². The number of likely N-dealkylation sites (tertiary alicyclic amines) is 1. The van der Waals surface area contributed by atoms with E-state index in [1.165, 1.54) is 17.1 Å². The summed E-state index contributed by atoms with van der Waals surface area (Å²) >= 11 is 3.47. The molecule has 4 rings (SSSR count). The number of carbonyl (C=O) groups excluding carboxylic acids is 1. The molecule has 0 radical (unpaired) electrons. The average Bonchev–Trinajstić information content (AvgIpc) is 3.34. The minimum Gasteiger partial charge on any atom is -0.451 e. The molecular formula is C22H26N2O2S2. The lowest BCUT2D eigenvalue weighted by Crippen LogP contribution is -2.40. The zero-order valence-electron chi connectivity index (χ0n) is 16.1. The monoisotopic (exact) mass is 414 g/mol. The van der Waals surface area contributed by atoms with E-state index in [-0.39, 0.29) is 5.91 Å². The van der Waals surface area contributed by atoms with Gasteiger partial charge in [-0.15, -0.1) is 23.1 Å². The predicted molar refractivity (Wildman–Crippen MR) is 117 cm³/mol. The highest BCUT2D eigenvalue weighted by Crippen LogP contribution is 2.33. The number of nitrogens with one attached hydrogen (secondary N) is 1. The number of thiophene rings is 1. The zero-order valence-corrected chi connectivity index (χ0v) is 17.8. The summed E-state index contributed by atoms with van der Waals surface area (Å²) in [5.41, 5.74) is 1.76. The molecule has 1 aromatic carbocycles. The average molecular weight is 415 g/mol. The maximum Gasteiger partial charge on any atom is 0.287 e. The number of nitrogens with zero attached hydrogens (tertiary/aromatic N) is 1. The van der Waals surface area contributed by atoms with Crippen LogP contribution in [-0.4, -0.2) is 37.0 Å². The number of carbonyl (C=O) groups is 1. The SMILES string of the molecule is CC1CCCN(CCNC(=O)c2oc3ccccc3c2CSc2cccs2)C1. The molecule has 6 heteroatoms. The second-order valence-electron chi connectivity index (χ2n) is 7.43. The van der Waals surface area contributed by atoms with Gasteiger partial charge < -0.3 is 14.6 Å². The van der Waals surface area contributed by atoms with Crippen molar-refractivity contribution >= 4 is 40.0 Å². The van der Waals surface area contributed by atoms with E-state index in [4.69, 9.17) is 4.42 Å². The molecule has 1 aliphatic heterocycles. The standard InChI is InChI=1S/C22H26N2O2S2/c1-16-6-4-11-24(14-16)12-10-23-22(25)21-18(15-28-20-9-5-13-27-20)17-7-2-3-8-19(17)26-21/h2-3,5,7-9,13,16H,4,6,10-12,14-15H2,1H3,(H,23,25). The summed E-state index contributed by atoms with van der Waals surface area (Å²) in [6.07, 6.45) is 2.57. The van der Waals surface area contributed by atoms with Crippen molar-refractivity contribution in [2.24, 2.45) is 5.92 Å². The normalized spacial score (nSPS) is 17.8. The summed E-state index contributed by atoms with van der Waals surface area (Å²) in [7, 11) is 0. The van der Waals surface area contributed by atoms with Gasteiger partial charge in [0.2, 0.25) is 0 Å². The zero-order chi connectivity index (χ0) is 19.3. The van der Waals surface area contributed by atoms with Gasteiger partial charge in [0.05, 0.1) is 4.21 Å². The molecule has 4 nitrogen and oxygen atoms in total. The number of thioether (sulfide) groups is 1. The van der Waals surface area contributed by atoms with Crippen molar-refractivity contribution < 1.29 is 9.21 Å². The van der Waals surface area contributed by atoms with Crippen LogP contribution >= 0.6 is 23.1 Å². The summed E-state index contributed by atoms with van der Waals surface area (Å²) in [6, 6.07) is 12.1. The molecule has 3 heterocycles. The predicted octanol–water partition coefficient (Wildman–Crippen LogP) is 5.25. The molecule has 1 fully saturated rings. The van der Waals surface area contributed by atoms with Gasteiger partial charge in [0.1, 0.15) is 5.58 Å². The van der Waals surface area contributed by atoms with Crippen LogP contribution in [0.3, 0.4) is 0 Å². The quantitative estimate of drug-likeness (QED) is 0.537. The molecule has 0 spiro atoms. The second kappa shape index (κ2) is 9.16. The summed E-state index contributed by atoms with van der Waals surface area (Å²) in [5, 5.41) is 6.18. The number of fused-ring (bicyclic) bond motifs is 1. The van der Waals surface area contributed by atoms with E-state index >= 15 is 0 Å². The Balaban J connectivity index is 1.44. The Morgan fingerprint density at radius 1 is 1.32 bits per heavy atom. The van der Waals surface area contributed by atoms with Crippen molar-refractivity contribution in [3.63, 3.8) is 0 Å². The van der Waals surface area contributed by atoms with Crippen LogP contribution in [0.25, 0.3) is 11.0 Å². The number of amides is 1. The first-order valence-corrected chi connectivity index (χ1v) is 11.7. The Morgan fingerprint density at radius 2 is 2.21 bits per heavy atom. The Labute approximate surface area is 174 Å². The Morgan fingerprint density at radius 3 is 3.04 bits per heavy atom. The van der Waals surface area contributed by atoms with Crippen LogP contribution < -0.4 is 5.32 Å². The molecule has 148 valence electrons. The molecule has 0 saturated carbocycles. The number of piperidine rings is 1. The molecule has 28 heavy (non-hydrogen) atoms. The highest BCUT2D eigenvalue weighted by atomic mass is 32.2. The minimum atomic E-state index is -0.108. The van der Waals surface area contributed by atoms with Gasteiger partial charge in [0.15, 0.2) is 5.76 Å². The van der Waals surface area contributed by atoms with Crippen LogP contribution in [0, 0.1) is 5.92 Å². The lowest BCUT2D eigenvalue weighted by atomic mass is 10.0. The molecule has 1 aliphatic rings. The van der Waals surface area contributed by atoms with E-state index in [1.807, 2.05) is 24.3 Å². The van der Waals surface area contributed by atoms with E-state index < -0.39 is 0 Å². The third-order valence-electron chi connectivity index (χ3n) is 5.21. The van der Waals surface area contributed by atoms with Crippen LogP contribution in [0.4, 0.5) is 0 Å². The first-order valence-electron chi connectivity index (χ1n) is 9.88. The summed E-state index contributed by atoms with van der Waals surface area (Å²) in [6.45, 7) is 6.11. The van der Waals surface area contributed by atoms with Crippen LogP contribution in [0.1, 0.15) is 35.9 Å². The van der Waals surface area contributed by atoms with E-state index in [0.29, 0.717) is 12.3 Å². The fourth-order valence-corrected chi connectivity index (χ4v) is 5.62. The summed E-state index contributed by atoms with van der Waals surface area (Å²) in [4.78, 5) is 15.3. The number of hydrogen-bond acceptors (Lipinski definition) is 5. The number of benzene rings is 1. The summed E-state index contributed by atoms with van der Waals surface area (Å²) < 4.78 is 7.20. The fraction of sp³-hybridized carbons (Fsp3) is 0.409. The van der Waals surface area contributed by atoms with Crippen LogP contribution in [-0.2, 0) is 5.75 Å². The number of para-hydroxylation sites is 1. The highest BCUT2D eigenvalue weighted by Gasteiger charge is 2.21. The number of rotatable bonds is 7. The van der Waals surface area contributed by atoms with Gasteiger partial charge in [-0.1, -0.05) is 31.2 Å². The van der Waals surface area contributed by atoms with Gasteiger partial charge in [0.25, 0.3) is 5.91 Å². The van der Waals surface area contributed by atoms with Gasteiger partial charge in [-0.2, -0.15) is 0 Å². The summed E-state index contributed by atoms with van der Waals surface area (Å²) in [5.74, 6) is 1.82. The fourth-order valence-electron chi connectivity index (χ4n) is 3.81. The Bertz CT molecular complexity index is 920. The maximum absolute atomic E-state index is 12.9. The lowest BCUT2D eigenvalue weighted by Gasteiger charge is -2.30. The maximum atomic E-state index is 12.9.